The predicted molar refractivity (Wildman–Crippen MR) is 144 cm³/mol. The lowest BCUT2D eigenvalue weighted by molar-refractivity contribution is -0.145. The lowest BCUT2D eigenvalue weighted by Gasteiger charge is -2.25. The first-order valence-electron chi connectivity index (χ1n) is 11.8. The van der Waals surface area contributed by atoms with Gasteiger partial charge in [0.25, 0.3) is 0 Å². The maximum absolute atomic E-state index is 14.7. The number of esters is 2. The molecule has 37 heavy (non-hydrogen) atoms. The first kappa shape index (κ1) is 28.0. The van der Waals surface area contributed by atoms with E-state index in [2.05, 4.69) is 0 Å². The predicted octanol–water partition coefficient (Wildman–Crippen LogP) is 3.91. The molecule has 0 unspecified atom stereocenters. The third-order valence-electron chi connectivity index (χ3n) is 6.41. The van der Waals surface area contributed by atoms with Gasteiger partial charge in [0, 0.05) is 22.7 Å². The summed E-state index contributed by atoms with van der Waals surface area (Å²) in [5.41, 5.74) is 2.97. The van der Waals surface area contributed by atoms with Crippen molar-refractivity contribution < 1.29 is 28.4 Å². The van der Waals surface area contributed by atoms with Crippen LogP contribution in [0.2, 0.25) is 0 Å². The van der Waals surface area contributed by atoms with E-state index in [0.29, 0.717) is 27.3 Å². The van der Waals surface area contributed by atoms with Gasteiger partial charge >= 0.3 is 11.9 Å². The first-order chi connectivity index (χ1) is 17.6. The maximum atomic E-state index is 14.7. The van der Waals surface area contributed by atoms with Gasteiger partial charge in [-0.3, -0.25) is 19.3 Å². The Bertz CT molecular complexity index is 1280. The Kier molecular flexibility index (Phi) is 9.19. The Morgan fingerprint density at radius 1 is 0.757 bits per heavy atom. The fourth-order valence-electron chi connectivity index (χ4n) is 4.50. The van der Waals surface area contributed by atoms with Gasteiger partial charge in [0.05, 0.1) is 27.3 Å². The van der Waals surface area contributed by atoms with Gasteiger partial charge in [-0.2, -0.15) is 0 Å². The number of carbonyl (C=O) groups is 3. The molecule has 7 nitrogen and oxygen atoms in total. The van der Waals surface area contributed by atoms with Crippen LogP contribution in [0, 0.1) is 20.8 Å². The van der Waals surface area contributed by atoms with Gasteiger partial charge in [0.1, 0.15) is 0 Å². The molecule has 0 saturated carbocycles. The first-order valence-corrected chi connectivity index (χ1v) is 13.6. The number of benzene rings is 3. The van der Waals surface area contributed by atoms with Crippen LogP contribution in [-0.4, -0.2) is 49.7 Å². The molecule has 0 N–H and O–H groups in total. The molecule has 3 rings (SSSR count). The minimum absolute atomic E-state index is 0.131. The van der Waals surface area contributed by atoms with Crippen molar-refractivity contribution in [3.8, 4) is 0 Å². The molecule has 3 aromatic carbocycles. The lowest BCUT2D eigenvalue weighted by Crippen LogP contribution is -2.35. The Morgan fingerprint density at radius 2 is 1.22 bits per heavy atom. The topological polar surface area (TPSA) is 90.0 Å². The van der Waals surface area contributed by atoms with E-state index in [4.69, 9.17) is 9.47 Å². The van der Waals surface area contributed by atoms with E-state index in [9.17, 15) is 18.9 Å². The lowest BCUT2D eigenvalue weighted by atomic mass is 9.93. The van der Waals surface area contributed by atoms with E-state index in [1.54, 1.807) is 53.4 Å². The van der Waals surface area contributed by atoms with E-state index < -0.39 is 24.6 Å². The summed E-state index contributed by atoms with van der Waals surface area (Å²) in [6, 6.07) is 19.5. The summed E-state index contributed by atoms with van der Waals surface area (Å²) < 4.78 is 24.3. The van der Waals surface area contributed by atoms with Crippen LogP contribution in [-0.2, 0) is 30.2 Å². The highest BCUT2D eigenvalue weighted by atomic mass is 31.2. The van der Waals surface area contributed by atoms with Crippen molar-refractivity contribution in [2.24, 2.45) is 0 Å². The van der Waals surface area contributed by atoms with Crippen LogP contribution in [0.15, 0.2) is 66.7 Å². The van der Waals surface area contributed by atoms with Crippen molar-refractivity contribution in [1.82, 2.24) is 4.90 Å². The van der Waals surface area contributed by atoms with Gasteiger partial charge < -0.3 is 14.0 Å². The molecule has 8 heteroatoms. The molecular formula is C29H32NO6P. The number of carbonyl (C=O) groups excluding carboxylic acids is 3. The maximum Gasteiger partial charge on any atom is 0.319 e. The Morgan fingerprint density at radius 3 is 1.65 bits per heavy atom. The summed E-state index contributed by atoms with van der Waals surface area (Å²) in [6.07, 6.45) is 0. The van der Waals surface area contributed by atoms with Crippen LogP contribution in [0.25, 0.3) is 0 Å². The third kappa shape index (κ3) is 6.07. The molecule has 0 spiro atoms. The van der Waals surface area contributed by atoms with Gasteiger partial charge in [-0.15, -0.1) is 0 Å². The van der Waals surface area contributed by atoms with Crippen LogP contribution < -0.4 is 10.6 Å². The van der Waals surface area contributed by atoms with Gasteiger partial charge in [0.2, 0.25) is 12.7 Å². The molecule has 0 bridgehead atoms. The van der Waals surface area contributed by atoms with E-state index in [0.717, 1.165) is 11.1 Å². The Balaban J connectivity index is 2.15. The van der Waals surface area contributed by atoms with Crippen molar-refractivity contribution in [1.29, 1.82) is 0 Å². The van der Waals surface area contributed by atoms with Crippen molar-refractivity contribution in [2.45, 2.75) is 27.3 Å². The number of rotatable bonds is 10. The van der Waals surface area contributed by atoms with Crippen molar-refractivity contribution in [3.05, 3.63) is 94.5 Å². The fraction of sp³-hybridized carbons (Fsp3) is 0.276. The van der Waals surface area contributed by atoms with E-state index in [-0.39, 0.29) is 19.6 Å². The number of hydrogen-bond donors (Lipinski definition) is 0. The average Bonchev–Trinajstić information content (AvgIpc) is 2.90. The summed E-state index contributed by atoms with van der Waals surface area (Å²) >= 11 is 0. The molecule has 0 amide bonds. The summed E-state index contributed by atoms with van der Waals surface area (Å²) in [4.78, 5) is 39.9. The van der Waals surface area contributed by atoms with Gasteiger partial charge in [-0.25, -0.2) is 0 Å². The molecule has 0 aliphatic heterocycles. The molecule has 0 atom stereocenters. The number of hydrogen-bond acceptors (Lipinski definition) is 7. The molecule has 0 radical (unpaired) electrons. The molecule has 3 aromatic rings. The van der Waals surface area contributed by atoms with E-state index in [1.165, 1.54) is 14.2 Å². The summed E-state index contributed by atoms with van der Waals surface area (Å²) in [6.45, 7) is 5.49. The third-order valence-corrected chi connectivity index (χ3v) is 9.26. The van der Waals surface area contributed by atoms with Gasteiger partial charge in [0.15, 0.2) is 0 Å². The average molecular weight is 522 g/mol. The summed E-state index contributed by atoms with van der Waals surface area (Å²) in [7, 11) is -1.16. The van der Waals surface area contributed by atoms with Gasteiger partial charge in [-0.1, -0.05) is 66.7 Å². The quantitative estimate of drug-likeness (QED) is 0.295. The molecule has 0 aliphatic carbocycles. The monoisotopic (exact) mass is 521 g/mol. The number of ether oxygens (including phenoxy) is 2. The van der Waals surface area contributed by atoms with Crippen LogP contribution >= 0.6 is 7.14 Å². The van der Waals surface area contributed by atoms with Crippen LogP contribution in [0.1, 0.15) is 32.6 Å². The molecule has 0 aromatic heterocycles. The molecule has 0 saturated heterocycles. The molecular weight excluding hydrogens is 489 g/mol. The molecule has 0 heterocycles. The van der Waals surface area contributed by atoms with E-state index >= 15 is 0 Å². The number of aryl methyl sites for hydroxylation is 2. The minimum atomic E-state index is -3.72. The summed E-state index contributed by atoms with van der Waals surface area (Å²) in [5.74, 6) is -0.999. The SMILES string of the molecule is COC(=O)CN(CC(=O)OC)Cc1c(C)cc(C)c(C(=O)P(=O)(c2ccccc2)c2ccccc2)c1C. The second kappa shape index (κ2) is 12.1. The molecule has 0 aliphatic rings. The minimum Gasteiger partial charge on any atom is -0.468 e. The zero-order valence-corrected chi connectivity index (χ0v) is 22.7. The van der Waals surface area contributed by atoms with Crippen molar-refractivity contribution in [2.75, 3.05) is 27.3 Å². The van der Waals surface area contributed by atoms with Gasteiger partial charge in [-0.05, 0) is 43.0 Å². The highest BCUT2D eigenvalue weighted by Crippen LogP contribution is 2.48. The molecule has 194 valence electrons. The standard InChI is InChI=1S/C29H32NO6P/c1-20-16-21(2)28(22(3)25(20)17-30(18-26(31)35-4)19-27(32)36-5)29(33)37(34,23-12-8-6-9-13-23)24-14-10-7-11-15-24/h6-16H,17-19H2,1-5H3. The smallest absolute Gasteiger partial charge is 0.319 e. The second-order valence-corrected chi connectivity index (χ2v) is 11.5. The van der Waals surface area contributed by atoms with Crippen LogP contribution in [0.5, 0.6) is 0 Å². The van der Waals surface area contributed by atoms with Crippen LogP contribution in [0.4, 0.5) is 0 Å². The normalized spacial score (nSPS) is 11.3. The highest BCUT2D eigenvalue weighted by Gasteiger charge is 2.38. The number of nitrogens with zero attached hydrogens (tertiary/aromatic N) is 1. The Hall–Kier alpha value is -3.54. The largest absolute Gasteiger partial charge is 0.468 e. The van der Waals surface area contributed by atoms with Crippen LogP contribution in [0.3, 0.4) is 0 Å². The zero-order chi connectivity index (χ0) is 27.2. The highest BCUT2D eigenvalue weighted by molar-refractivity contribution is 7.93. The molecule has 0 fully saturated rings. The van der Waals surface area contributed by atoms with Crippen molar-refractivity contribution in [3.63, 3.8) is 0 Å². The fourth-order valence-corrected chi connectivity index (χ4v) is 7.11. The zero-order valence-electron chi connectivity index (χ0n) is 21.8. The van der Waals surface area contributed by atoms with E-state index in [1.807, 2.05) is 39.0 Å². The van der Waals surface area contributed by atoms with Crippen molar-refractivity contribution >= 4 is 35.2 Å². The second-order valence-electron chi connectivity index (χ2n) is 8.87. The number of methoxy groups -OCH3 is 2. The summed E-state index contributed by atoms with van der Waals surface area (Å²) in [5, 5.41) is 0.926. The Labute approximate surface area is 217 Å².